The van der Waals surface area contributed by atoms with Crippen LogP contribution in [0.25, 0.3) is 0 Å². The fourth-order valence-corrected chi connectivity index (χ4v) is 1.30. The van der Waals surface area contributed by atoms with E-state index < -0.39 is 5.41 Å². The fourth-order valence-electron chi connectivity index (χ4n) is 1.30. The molecule has 5 nitrogen and oxygen atoms in total. The molecule has 0 aliphatic carbocycles. The normalized spacial score (nSPS) is 10.9. The van der Waals surface area contributed by atoms with Gasteiger partial charge in [-0.15, -0.1) is 0 Å². The Labute approximate surface area is 107 Å². The summed E-state index contributed by atoms with van der Waals surface area (Å²) in [6.45, 7) is 3.84. The molecule has 0 unspecified atom stereocenters. The van der Waals surface area contributed by atoms with Crippen LogP contribution in [0, 0.1) is 5.41 Å². The molecule has 0 radical (unpaired) electrons. The van der Waals surface area contributed by atoms with Crippen molar-refractivity contribution in [3.63, 3.8) is 0 Å². The van der Waals surface area contributed by atoms with E-state index in [0.29, 0.717) is 17.2 Å². The fraction of sp³-hybridized carbons (Fsp3) is 0.462. The lowest BCUT2D eigenvalue weighted by molar-refractivity contribution is -0.123. The number of carbonyl (C=O) groups excluding carboxylic acids is 1. The number of nitrogens with two attached hydrogens (primary N) is 1. The number of hydrogen-bond donors (Lipinski definition) is 2. The van der Waals surface area contributed by atoms with E-state index in [-0.39, 0.29) is 12.5 Å². The van der Waals surface area contributed by atoms with Crippen LogP contribution in [0.5, 0.6) is 11.5 Å². The lowest BCUT2D eigenvalue weighted by atomic mass is 9.92. The van der Waals surface area contributed by atoms with Crippen LogP contribution in [0.2, 0.25) is 0 Å². The number of ether oxygens (including phenoxy) is 2. The smallest absolute Gasteiger partial charge is 0.231 e. The van der Waals surface area contributed by atoms with Crippen LogP contribution < -0.4 is 20.5 Å². The molecule has 0 atom stereocenters. The minimum absolute atomic E-state index is 0.156. The first-order valence-electron chi connectivity index (χ1n) is 5.68. The third-order valence-corrected chi connectivity index (χ3v) is 2.78. The maximum absolute atomic E-state index is 12.0. The summed E-state index contributed by atoms with van der Waals surface area (Å²) in [7, 11) is 3.11. The lowest BCUT2D eigenvalue weighted by Crippen LogP contribution is -2.37. The van der Waals surface area contributed by atoms with Crippen LogP contribution in [-0.4, -0.2) is 26.7 Å². The molecule has 0 fully saturated rings. The van der Waals surface area contributed by atoms with E-state index in [1.807, 2.05) is 0 Å². The highest BCUT2D eigenvalue weighted by Crippen LogP contribution is 2.30. The molecule has 3 N–H and O–H groups in total. The third kappa shape index (κ3) is 3.13. The summed E-state index contributed by atoms with van der Waals surface area (Å²) in [6.07, 6.45) is 0. The minimum Gasteiger partial charge on any atom is -0.497 e. The molecule has 1 amide bonds. The molecular formula is C13H20N2O3. The van der Waals surface area contributed by atoms with Crippen LogP contribution in [0.1, 0.15) is 13.8 Å². The number of methoxy groups -OCH3 is 2. The highest BCUT2D eigenvalue weighted by Gasteiger charge is 2.26. The molecule has 0 saturated carbocycles. The van der Waals surface area contributed by atoms with Gasteiger partial charge in [0.25, 0.3) is 0 Å². The number of amides is 1. The van der Waals surface area contributed by atoms with Crippen LogP contribution in [0.15, 0.2) is 18.2 Å². The minimum atomic E-state index is -0.631. The van der Waals surface area contributed by atoms with E-state index in [2.05, 4.69) is 5.32 Å². The van der Waals surface area contributed by atoms with E-state index >= 15 is 0 Å². The van der Waals surface area contributed by atoms with Crippen LogP contribution >= 0.6 is 0 Å². The van der Waals surface area contributed by atoms with Crippen molar-refractivity contribution in [2.24, 2.45) is 11.1 Å². The van der Waals surface area contributed by atoms with Gasteiger partial charge in [0.1, 0.15) is 11.5 Å². The van der Waals surface area contributed by atoms with Gasteiger partial charge >= 0.3 is 0 Å². The number of rotatable bonds is 5. The Morgan fingerprint density at radius 2 is 2.00 bits per heavy atom. The molecule has 0 saturated heterocycles. The molecule has 0 heterocycles. The van der Waals surface area contributed by atoms with Crippen molar-refractivity contribution in [3.8, 4) is 11.5 Å². The van der Waals surface area contributed by atoms with Gasteiger partial charge in [-0.05, 0) is 26.0 Å². The van der Waals surface area contributed by atoms with Gasteiger partial charge in [-0.3, -0.25) is 4.79 Å². The lowest BCUT2D eigenvalue weighted by Gasteiger charge is -2.22. The summed E-state index contributed by atoms with van der Waals surface area (Å²) in [6, 6.07) is 5.22. The number of nitrogens with one attached hydrogen (secondary N) is 1. The number of hydrogen-bond acceptors (Lipinski definition) is 4. The quantitative estimate of drug-likeness (QED) is 0.835. The third-order valence-electron chi connectivity index (χ3n) is 2.78. The number of anilines is 1. The van der Waals surface area contributed by atoms with Crippen LogP contribution in [-0.2, 0) is 4.79 Å². The Morgan fingerprint density at radius 1 is 1.33 bits per heavy atom. The molecule has 100 valence electrons. The maximum atomic E-state index is 12.0. The van der Waals surface area contributed by atoms with Crippen molar-refractivity contribution >= 4 is 11.6 Å². The molecule has 0 aliphatic rings. The number of carbonyl (C=O) groups is 1. The summed E-state index contributed by atoms with van der Waals surface area (Å²) in [5.41, 5.74) is 5.51. The molecule has 0 aromatic heterocycles. The predicted molar refractivity (Wildman–Crippen MR) is 71.0 cm³/mol. The first kappa shape index (κ1) is 14.3. The van der Waals surface area contributed by atoms with Crippen molar-refractivity contribution in [2.75, 3.05) is 26.1 Å². The molecular weight excluding hydrogens is 232 g/mol. The van der Waals surface area contributed by atoms with Gasteiger partial charge in [-0.1, -0.05) is 0 Å². The second-order valence-electron chi connectivity index (χ2n) is 4.61. The largest absolute Gasteiger partial charge is 0.497 e. The van der Waals surface area contributed by atoms with Crippen molar-refractivity contribution in [1.82, 2.24) is 0 Å². The molecule has 1 aromatic rings. The number of benzene rings is 1. The van der Waals surface area contributed by atoms with Crippen LogP contribution in [0.3, 0.4) is 0 Å². The zero-order chi connectivity index (χ0) is 13.8. The summed E-state index contributed by atoms with van der Waals surface area (Å²) in [4.78, 5) is 12.0. The van der Waals surface area contributed by atoms with Crippen molar-refractivity contribution in [1.29, 1.82) is 0 Å². The van der Waals surface area contributed by atoms with E-state index in [9.17, 15) is 4.79 Å². The molecule has 5 heteroatoms. The maximum Gasteiger partial charge on any atom is 0.231 e. The Kier molecular flexibility index (Phi) is 4.55. The summed E-state index contributed by atoms with van der Waals surface area (Å²) >= 11 is 0. The van der Waals surface area contributed by atoms with E-state index in [4.69, 9.17) is 15.2 Å². The molecule has 1 aromatic carbocycles. The van der Waals surface area contributed by atoms with Gasteiger partial charge in [0, 0.05) is 12.6 Å². The van der Waals surface area contributed by atoms with Gasteiger partial charge in [-0.25, -0.2) is 0 Å². The highest BCUT2D eigenvalue weighted by molar-refractivity contribution is 5.96. The van der Waals surface area contributed by atoms with E-state index in [0.717, 1.165) is 0 Å². The molecule has 0 aliphatic heterocycles. The molecule has 1 rings (SSSR count). The first-order valence-corrected chi connectivity index (χ1v) is 5.68. The second-order valence-corrected chi connectivity index (χ2v) is 4.61. The predicted octanol–water partition coefficient (Wildman–Crippen LogP) is 1.63. The molecule has 0 bridgehead atoms. The average molecular weight is 252 g/mol. The van der Waals surface area contributed by atoms with E-state index in [1.54, 1.807) is 46.3 Å². The summed E-state index contributed by atoms with van der Waals surface area (Å²) < 4.78 is 10.3. The Morgan fingerprint density at radius 3 is 2.50 bits per heavy atom. The topological polar surface area (TPSA) is 73.6 Å². The highest BCUT2D eigenvalue weighted by atomic mass is 16.5. The van der Waals surface area contributed by atoms with Crippen LogP contribution in [0.4, 0.5) is 5.69 Å². The summed E-state index contributed by atoms with van der Waals surface area (Å²) in [5.74, 6) is 1.07. The molecule has 18 heavy (non-hydrogen) atoms. The van der Waals surface area contributed by atoms with E-state index in [1.165, 1.54) is 0 Å². The average Bonchev–Trinajstić information content (AvgIpc) is 2.38. The Balaban J connectivity index is 2.98. The second kappa shape index (κ2) is 5.73. The summed E-state index contributed by atoms with van der Waals surface area (Å²) in [5, 5.41) is 2.80. The van der Waals surface area contributed by atoms with Gasteiger partial charge in [-0.2, -0.15) is 0 Å². The van der Waals surface area contributed by atoms with Gasteiger partial charge in [0.05, 0.1) is 25.3 Å². The monoisotopic (exact) mass is 252 g/mol. The standard InChI is InChI=1S/C13H20N2O3/c1-13(2,8-14)12(16)15-10-7-9(17-3)5-6-11(10)18-4/h5-7H,8,14H2,1-4H3,(H,15,16). The zero-order valence-corrected chi connectivity index (χ0v) is 11.2. The molecule has 0 spiro atoms. The van der Waals surface area contributed by atoms with Crippen molar-refractivity contribution < 1.29 is 14.3 Å². The zero-order valence-electron chi connectivity index (χ0n) is 11.2. The first-order chi connectivity index (χ1) is 8.44. The van der Waals surface area contributed by atoms with Gasteiger partial charge < -0.3 is 20.5 Å². The Bertz CT molecular complexity index is 430. The SMILES string of the molecule is COc1ccc(OC)c(NC(=O)C(C)(C)CN)c1. The Hall–Kier alpha value is -1.75. The van der Waals surface area contributed by atoms with Crippen molar-refractivity contribution in [2.45, 2.75) is 13.8 Å². The van der Waals surface area contributed by atoms with Crippen molar-refractivity contribution in [3.05, 3.63) is 18.2 Å². The van der Waals surface area contributed by atoms with Gasteiger partial charge in [0.2, 0.25) is 5.91 Å². The van der Waals surface area contributed by atoms with Gasteiger partial charge in [0.15, 0.2) is 0 Å².